The van der Waals surface area contributed by atoms with E-state index in [0.717, 1.165) is 50.1 Å². The van der Waals surface area contributed by atoms with Crippen LogP contribution in [0.5, 0.6) is 0 Å². The lowest BCUT2D eigenvalue weighted by molar-refractivity contribution is 0.0696. The molecule has 3 heterocycles. The Hall–Kier alpha value is -2.66. The minimum absolute atomic E-state index is 0.364. The molecule has 4 rings (SSSR count). The molecule has 0 unspecified atom stereocenters. The van der Waals surface area contributed by atoms with Crippen molar-refractivity contribution in [3.05, 3.63) is 65.0 Å². The lowest BCUT2D eigenvalue weighted by Crippen LogP contribution is -2.32. The molecule has 5 heteroatoms. The Labute approximate surface area is 171 Å². The molecule has 0 radical (unpaired) electrons. The fourth-order valence-electron chi connectivity index (χ4n) is 4.51. The van der Waals surface area contributed by atoms with E-state index < -0.39 is 5.97 Å². The molecule has 0 aliphatic carbocycles. The van der Waals surface area contributed by atoms with E-state index in [4.69, 9.17) is 0 Å². The maximum Gasteiger partial charge on any atom is 0.335 e. The van der Waals surface area contributed by atoms with Crippen LogP contribution in [0.15, 0.2) is 42.7 Å². The number of aromatic amines is 1. The number of fused-ring (bicyclic) bond motifs is 1. The number of pyridine rings is 1. The highest BCUT2D eigenvalue weighted by atomic mass is 16.4. The smallest absolute Gasteiger partial charge is 0.335 e. The van der Waals surface area contributed by atoms with Crippen LogP contribution in [0.4, 0.5) is 0 Å². The lowest BCUT2D eigenvalue weighted by atomic mass is 9.87. The molecule has 29 heavy (non-hydrogen) atoms. The number of nitrogens with zero attached hydrogens (tertiary/aromatic N) is 2. The summed E-state index contributed by atoms with van der Waals surface area (Å²) in [6.07, 6.45) is 9.84. The molecular weight excluding hydrogens is 362 g/mol. The Morgan fingerprint density at radius 2 is 2.10 bits per heavy atom. The normalized spacial score (nSPS) is 15.8. The van der Waals surface area contributed by atoms with Crippen molar-refractivity contribution in [3.63, 3.8) is 0 Å². The molecule has 0 atom stereocenters. The second-order valence-electron chi connectivity index (χ2n) is 8.10. The fourth-order valence-corrected chi connectivity index (χ4v) is 4.51. The number of piperidine rings is 1. The Morgan fingerprint density at radius 1 is 1.28 bits per heavy atom. The molecule has 5 nitrogen and oxygen atoms in total. The maximum atomic E-state index is 11.2. The third-order valence-corrected chi connectivity index (χ3v) is 6.10. The van der Waals surface area contributed by atoms with Crippen molar-refractivity contribution < 1.29 is 9.90 Å². The predicted molar refractivity (Wildman–Crippen MR) is 115 cm³/mol. The average molecular weight is 392 g/mol. The number of H-pyrrole nitrogens is 1. The third-order valence-electron chi connectivity index (χ3n) is 6.10. The summed E-state index contributed by atoms with van der Waals surface area (Å²) in [5.41, 5.74) is 5.29. The predicted octanol–water partition coefficient (Wildman–Crippen LogP) is 4.98. The quantitative estimate of drug-likeness (QED) is 0.596. The number of unbranched alkanes of at least 4 members (excludes halogenated alkanes) is 1. The number of aromatic nitrogens is 2. The summed E-state index contributed by atoms with van der Waals surface area (Å²) in [5, 5.41) is 10.5. The van der Waals surface area contributed by atoms with Gasteiger partial charge in [0.05, 0.1) is 5.56 Å². The Balaban J connectivity index is 1.45. The largest absolute Gasteiger partial charge is 0.478 e. The van der Waals surface area contributed by atoms with Crippen molar-refractivity contribution in [2.45, 2.75) is 51.5 Å². The summed E-state index contributed by atoms with van der Waals surface area (Å²) < 4.78 is 0. The van der Waals surface area contributed by atoms with Crippen LogP contribution in [-0.2, 0) is 13.0 Å². The van der Waals surface area contributed by atoms with Crippen molar-refractivity contribution in [1.29, 1.82) is 0 Å². The summed E-state index contributed by atoms with van der Waals surface area (Å²) in [6, 6.07) is 9.48. The van der Waals surface area contributed by atoms with Gasteiger partial charge in [0.1, 0.15) is 5.65 Å². The standard InChI is InChI=1S/C24H29N3O2/c1-2-3-6-19-8-11-25-23-22(19)21(15-26-23)18-9-12-27(13-10-18)16-17-5-4-7-20(14-17)24(28)29/h4-5,7-8,11,14-15,18H,2-3,6,9-10,12-13,16H2,1H3,(H,25,26)(H,28,29). The first-order chi connectivity index (χ1) is 14.2. The molecule has 2 N–H and O–H groups in total. The number of aromatic carboxylic acids is 1. The van der Waals surface area contributed by atoms with Gasteiger partial charge in [0.25, 0.3) is 0 Å². The second-order valence-corrected chi connectivity index (χ2v) is 8.10. The summed E-state index contributed by atoms with van der Waals surface area (Å²) in [4.78, 5) is 21.6. The topological polar surface area (TPSA) is 69.2 Å². The number of carboxylic acid groups (broad SMARTS) is 1. The number of carboxylic acids is 1. The molecular formula is C24H29N3O2. The molecule has 1 saturated heterocycles. The number of rotatable bonds is 7. The molecule has 152 valence electrons. The first-order valence-electron chi connectivity index (χ1n) is 10.6. The Kier molecular flexibility index (Phi) is 5.95. The highest BCUT2D eigenvalue weighted by molar-refractivity contribution is 5.87. The van der Waals surface area contributed by atoms with Gasteiger partial charge in [0.2, 0.25) is 0 Å². The van der Waals surface area contributed by atoms with Crippen LogP contribution >= 0.6 is 0 Å². The summed E-state index contributed by atoms with van der Waals surface area (Å²) in [5.74, 6) is -0.313. The monoisotopic (exact) mass is 391 g/mol. The van der Waals surface area contributed by atoms with Gasteiger partial charge in [-0.25, -0.2) is 9.78 Å². The van der Waals surface area contributed by atoms with Crippen LogP contribution < -0.4 is 0 Å². The lowest BCUT2D eigenvalue weighted by Gasteiger charge is -2.32. The maximum absolute atomic E-state index is 11.2. The number of aryl methyl sites for hydroxylation is 1. The van der Waals surface area contributed by atoms with Gasteiger partial charge in [-0.1, -0.05) is 25.5 Å². The molecule has 0 saturated carbocycles. The number of carbonyl (C=O) groups is 1. The van der Waals surface area contributed by atoms with Gasteiger partial charge < -0.3 is 10.1 Å². The number of hydrogen-bond donors (Lipinski definition) is 2. The van der Waals surface area contributed by atoms with E-state index in [0.29, 0.717) is 11.5 Å². The van der Waals surface area contributed by atoms with Gasteiger partial charge in [0, 0.05) is 24.3 Å². The van der Waals surface area contributed by atoms with Gasteiger partial charge in [-0.2, -0.15) is 0 Å². The van der Waals surface area contributed by atoms with Crippen molar-refractivity contribution >= 4 is 17.0 Å². The van der Waals surface area contributed by atoms with E-state index in [1.54, 1.807) is 12.1 Å². The van der Waals surface area contributed by atoms with Crippen LogP contribution in [-0.4, -0.2) is 39.0 Å². The van der Waals surface area contributed by atoms with E-state index in [9.17, 15) is 9.90 Å². The first-order valence-corrected chi connectivity index (χ1v) is 10.6. The van der Waals surface area contributed by atoms with E-state index in [1.165, 1.54) is 29.4 Å². The minimum atomic E-state index is -0.864. The number of hydrogen-bond acceptors (Lipinski definition) is 3. The van der Waals surface area contributed by atoms with Gasteiger partial charge in [0.15, 0.2) is 0 Å². The summed E-state index contributed by atoms with van der Waals surface area (Å²) in [6.45, 7) is 5.10. The van der Waals surface area contributed by atoms with Crippen molar-refractivity contribution in [2.75, 3.05) is 13.1 Å². The van der Waals surface area contributed by atoms with Gasteiger partial charge in [-0.3, -0.25) is 4.90 Å². The second kappa shape index (κ2) is 8.78. The van der Waals surface area contributed by atoms with Crippen molar-refractivity contribution in [1.82, 2.24) is 14.9 Å². The van der Waals surface area contributed by atoms with Crippen LogP contribution in [0.1, 0.15) is 65.6 Å². The summed E-state index contributed by atoms with van der Waals surface area (Å²) >= 11 is 0. The Bertz CT molecular complexity index is 987. The molecule has 0 amide bonds. The zero-order chi connectivity index (χ0) is 20.2. The van der Waals surface area contributed by atoms with E-state index in [2.05, 4.69) is 34.1 Å². The van der Waals surface area contributed by atoms with Crippen molar-refractivity contribution in [3.8, 4) is 0 Å². The van der Waals surface area contributed by atoms with E-state index in [-0.39, 0.29) is 0 Å². The Morgan fingerprint density at radius 3 is 2.86 bits per heavy atom. The zero-order valence-corrected chi connectivity index (χ0v) is 17.0. The summed E-state index contributed by atoms with van der Waals surface area (Å²) in [7, 11) is 0. The van der Waals surface area contributed by atoms with Crippen LogP contribution in [0.2, 0.25) is 0 Å². The van der Waals surface area contributed by atoms with Crippen LogP contribution in [0.25, 0.3) is 11.0 Å². The van der Waals surface area contributed by atoms with Crippen LogP contribution in [0.3, 0.4) is 0 Å². The van der Waals surface area contributed by atoms with E-state index >= 15 is 0 Å². The molecule has 3 aromatic rings. The molecule has 1 aromatic carbocycles. The number of nitrogens with one attached hydrogen (secondary N) is 1. The fraction of sp³-hybridized carbons (Fsp3) is 0.417. The third kappa shape index (κ3) is 4.35. The number of benzene rings is 1. The number of likely N-dealkylation sites (tertiary alicyclic amines) is 1. The highest BCUT2D eigenvalue weighted by Crippen LogP contribution is 2.35. The zero-order valence-electron chi connectivity index (χ0n) is 17.0. The first kappa shape index (κ1) is 19.6. The molecule has 0 spiro atoms. The minimum Gasteiger partial charge on any atom is -0.478 e. The molecule has 2 aromatic heterocycles. The van der Waals surface area contributed by atoms with Gasteiger partial charge in [-0.15, -0.1) is 0 Å². The van der Waals surface area contributed by atoms with Gasteiger partial charge in [-0.05, 0) is 79.6 Å². The molecule has 0 bridgehead atoms. The molecule has 1 aliphatic heterocycles. The SMILES string of the molecule is CCCCc1ccnc2[nH]cc(C3CCN(Cc4cccc(C(=O)O)c4)CC3)c12. The van der Waals surface area contributed by atoms with Crippen LogP contribution in [0, 0.1) is 0 Å². The highest BCUT2D eigenvalue weighted by Gasteiger charge is 2.24. The van der Waals surface area contributed by atoms with Gasteiger partial charge >= 0.3 is 5.97 Å². The van der Waals surface area contributed by atoms with E-state index in [1.807, 2.05) is 18.3 Å². The average Bonchev–Trinajstić information content (AvgIpc) is 3.18. The molecule has 1 aliphatic rings. The van der Waals surface area contributed by atoms with Crippen molar-refractivity contribution in [2.24, 2.45) is 0 Å². The molecule has 1 fully saturated rings.